The normalized spacial score (nSPS) is 15.6. The van der Waals surface area contributed by atoms with Gasteiger partial charge in [-0.25, -0.2) is 9.37 Å². The molecule has 34 heavy (non-hydrogen) atoms. The zero-order chi connectivity index (χ0) is 23.8. The number of benzene rings is 1. The van der Waals surface area contributed by atoms with Crippen LogP contribution in [0, 0.1) is 5.82 Å². The molecule has 0 radical (unpaired) electrons. The van der Waals surface area contributed by atoms with Crippen molar-refractivity contribution in [1.29, 1.82) is 0 Å². The molecule has 0 unspecified atom stereocenters. The Balaban J connectivity index is 1.35. The molecule has 0 saturated carbocycles. The predicted molar refractivity (Wildman–Crippen MR) is 121 cm³/mol. The highest BCUT2D eigenvalue weighted by molar-refractivity contribution is 6.04. The highest BCUT2D eigenvalue weighted by Crippen LogP contribution is 2.25. The summed E-state index contributed by atoms with van der Waals surface area (Å²) < 4.78 is 16.8. The largest absolute Gasteiger partial charge is 0.393 e. The van der Waals surface area contributed by atoms with Crippen LogP contribution in [-0.4, -0.2) is 54.2 Å². The molecule has 10 heteroatoms. The minimum Gasteiger partial charge on any atom is -0.393 e. The molecule has 0 fully saturated rings. The van der Waals surface area contributed by atoms with Crippen molar-refractivity contribution in [3.8, 4) is 11.5 Å². The molecule has 2 aromatic heterocycles. The summed E-state index contributed by atoms with van der Waals surface area (Å²) in [6.45, 7) is 3.11. The van der Waals surface area contributed by atoms with E-state index in [4.69, 9.17) is 0 Å². The van der Waals surface area contributed by atoms with Crippen LogP contribution in [-0.2, 0) is 30.7 Å². The zero-order valence-electron chi connectivity index (χ0n) is 18.8. The van der Waals surface area contributed by atoms with Crippen molar-refractivity contribution in [3.63, 3.8) is 0 Å². The molecule has 0 saturated heterocycles. The lowest BCUT2D eigenvalue weighted by atomic mass is 9.96. The van der Waals surface area contributed by atoms with Crippen LogP contribution in [0.2, 0.25) is 0 Å². The Morgan fingerprint density at radius 3 is 2.85 bits per heavy atom. The summed E-state index contributed by atoms with van der Waals surface area (Å²) in [5, 5.41) is 20.6. The van der Waals surface area contributed by atoms with Gasteiger partial charge in [0.05, 0.1) is 18.1 Å². The van der Waals surface area contributed by atoms with Gasteiger partial charge in [0, 0.05) is 26.1 Å². The third-order valence-corrected chi connectivity index (χ3v) is 6.20. The van der Waals surface area contributed by atoms with Crippen LogP contribution in [0.4, 0.5) is 10.2 Å². The Morgan fingerprint density at radius 1 is 1.18 bits per heavy atom. The van der Waals surface area contributed by atoms with E-state index in [1.165, 1.54) is 12.1 Å². The number of aromatic nitrogens is 4. The first-order chi connectivity index (χ1) is 16.4. The number of carbonyl (C=O) groups is 2. The van der Waals surface area contributed by atoms with Gasteiger partial charge in [-0.15, -0.1) is 10.2 Å². The first-order valence-corrected chi connectivity index (χ1v) is 11.4. The zero-order valence-corrected chi connectivity index (χ0v) is 18.8. The number of fused-ring (bicyclic) bond motifs is 2. The molecule has 0 spiro atoms. The molecular formula is C24H25FN6O3. The topological polar surface area (TPSA) is 113 Å². The number of anilines is 1. The van der Waals surface area contributed by atoms with Crippen LogP contribution in [0.5, 0.6) is 0 Å². The van der Waals surface area contributed by atoms with Gasteiger partial charge in [0.2, 0.25) is 5.91 Å². The minimum absolute atomic E-state index is 0.0289. The number of aryl methyl sites for hydroxylation is 1. The molecule has 2 aliphatic rings. The summed E-state index contributed by atoms with van der Waals surface area (Å²) in [6.07, 6.45) is 1.68. The van der Waals surface area contributed by atoms with Crippen LogP contribution in [0.25, 0.3) is 11.5 Å². The molecule has 1 aromatic carbocycles. The molecule has 2 aliphatic heterocycles. The second-order valence-corrected chi connectivity index (χ2v) is 8.78. The van der Waals surface area contributed by atoms with E-state index in [2.05, 4.69) is 20.5 Å². The number of hydrogen-bond acceptors (Lipinski definition) is 6. The summed E-state index contributed by atoms with van der Waals surface area (Å²) in [7, 11) is 0. The number of nitrogens with one attached hydrogen (secondary N) is 1. The lowest BCUT2D eigenvalue weighted by Crippen LogP contribution is -2.37. The average molecular weight is 465 g/mol. The molecule has 2 amide bonds. The number of nitrogens with zero attached hydrogens (tertiary/aromatic N) is 5. The van der Waals surface area contributed by atoms with Gasteiger partial charge < -0.3 is 19.9 Å². The first-order valence-electron chi connectivity index (χ1n) is 11.4. The molecule has 1 atom stereocenters. The summed E-state index contributed by atoms with van der Waals surface area (Å²) in [5.41, 5.74) is 1.96. The molecule has 4 heterocycles. The van der Waals surface area contributed by atoms with E-state index in [1.807, 2.05) is 4.57 Å². The highest BCUT2D eigenvalue weighted by Gasteiger charge is 2.25. The molecule has 176 valence electrons. The maximum absolute atomic E-state index is 14.8. The van der Waals surface area contributed by atoms with Crippen molar-refractivity contribution in [1.82, 2.24) is 24.6 Å². The third kappa shape index (κ3) is 4.28. The smallest absolute Gasteiger partial charge is 0.259 e. The predicted octanol–water partition coefficient (Wildman–Crippen LogP) is 2.33. The van der Waals surface area contributed by atoms with Crippen molar-refractivity contribution < 1.29 is 19.1 Å². The summed E-state index contributed by atoms with van der Waals surface area (Å²) in [6, 6.07) is 8.05. The highest BCUT2D eigenvalue weighted by atomic mass is 19.1. The Kier molecular flexibility index (Phi) is 5.82. The number of rotatable bonds is 5. The minimum atomic E-state index is -0.731. The average Bonchev–Trinajstić information content (AvgIpc) is 3.42. The number of amides is 2. The van der Waals surface area contributed by atoms with Gasteiger partial charge in [0.1, 0.15) is 23.2 Å². The van der Waals surface area contributed by atoms with Crippen LogP contribution < -0.4 is 5.32 Å². The SMILES string of the molecule is C[C@H](O)CC(=O)N1CCc2cc(F)c(C(=O)Nc3cccc(-c4nnc5n4CCC5)n3)cc2C1. The van der Waals surface area contributed by atoms with Crippen molar-refractivity contribution in [2.75, 3.05) is 11.9 Å². The molecule has 0 aliphatic carbocycles. The molecule has 0 bridgehead atoms. The second kappa shape index (κ2) is 8.94. The van der Waals surface area contributed by atoms with Gasteiger partial charge >= 0.3 is 0 Å². The monoisotopic (exact) mass is 464 g/mol. The number of aliphatic hydroxyl groups is 1. The van der Waals surface area contributed by atoms with Gasteiger partial charge in [0.25, 0.3) is 5.91 Å². The first kappa shape index (κ1) is 22.1. The Morgan fingerprint density at radius 2 is 2.03 bits per heavy atom. The van der Waals surface area contributed by atoms with Gasteiger partial charge in [-0.3, -0.25) is 9.59 Å². The van der Waals surface area contributed by atoms with Crippen molar-refractivity contribution in [3.05, 3.63) is 58.7 Å². The summed E-state index contributed by atoms with van der Waals surface area (Å²) in [5.74, 6) is 0.435. The van der Waals surface area contributed by atoms with E-state index in [0.29, 0.717) is 24.5 Å². The van der Waals surface area contributed by atoms with E-state index >= 15 is 0 Å². The number of pyridine rings is 1. The maximum atomic E-state index is 14.8. The summed E-state index contributed by atoms with van der Waals surface area (Å²) in [4.78, 5) is 31.4. The quantitative estimate of drug-likeness (QED) is 0.599. The second-order valence-electron chi connectivity index (χ2n) is 8.78. The number of carbonyl (C=O) groups excluding carboxylic acids is 2. The van der Waals surface area contributed by atoms with Crippen LogP contribution in [0.1, 0.15) is 47.1 Å². The number of hydrogen-bond donors (Lipinski definition) is 2. The standard InChI is InChI=1S/C24H25FN6O3/c1-14(32)10-22(33)30-9-7-15-12-18(25)17(11-16(15)13-30)24(34)27-20-5-2-4-19(26-20)23-29-28-21-6-3-8-31(21)23/h2,4-5,11-12,14,32H,3,6-10,13H2,1H3,(H,26,27,34)/t14-/m0/s1. The molecule has 3 aromatic rings. The van der Waals surface area contributed by atoms with Crippen molar-refractivity contribution >= 4 is 17.6 Å². The molecular weight excluding hydrogens is 439 g/mol. The van der Waals surface area contributed by atoms with E-state index < -0.39 is 17.8 Å². The number of halogens is 1. The lowest BCUT2D eigenvalue weighted by Gasteiger charge is -2.29. The Hall–Kier alpha value is -3.66. The van der Waals surface area contributed by atoms with Gasteiger partial charge in [-0.1, -0.05) is 6.07 Å². The fraction of sp³-hybridized carbons (Fsp3) is 0.375. The van der Waals surface area contributed by atoms with Gasteiger partial charge in [-0.05, 0) is 55.2 Å². The van der Waals surface area contributed by atoms with Crippen LogP contribution in [0.15, 0.2) is 30.3 Å². The fourth-order valence-electron chi connectivity index (χ4n) is 4.50. The fourth-order valence-corrected chi connectivity index (χ4v) is 4.50. The lowest BCUT2D eigenvalue weighted by molar-refractivity contribution is -0.133. The van der Waals surface area contributed by atoms with Crippen molar-refractivity contribution in [2.24, 2.45) is 0 Å². The van der Waals surface area contributed by atoms with E-state index in [-0.39, 0.29) is 30.3 Å². The van der Waals surface area contributed by atoms with E-state index in [1.54, 1.807) is 30.0 Å². The van der Waals surface area contributed by atoms with E-state index in [0.717, 1.165) is 36.3 Å². The number of aliphatic hydroxyl groups excluding tert-OH is 1. The van der Waals surface area contributed by atoms with E-state index in [9.17, 15) is 19.1 Å². The maximum Gasteiger partial charge on any atom is 0.259 e. The van der Waals surface area contributed by atoms with Crippen LogP contribution in [0.3, 0.4) is 0 Å². The Labute approximate surface area is 195 Å². The van der Waals surface area contributed by atoms with Crippen molar-refractivity contribution in [2.45, 2.75) is 51.8 Å². The Bertz CT molecular complexity index is 1270. The van der Waals surface area contributed by atoms with Crippen LogP contribution >= 0.6 is 0 Å². The summed E-state index contributed by atoms with van der Waals surface area (Å²) >= 11 is 0. The third-order valence-electron chi connectivity index (χ3n) is 6.20. The van der Waals surface area contributed by atoms with Gasteiger partial charge in [-0.2, -0.15) is 0 Å². The van der Waals surface area contributed by atoms with Gasteiger partial charge in [0.15, 0.2) is 5.82 Å². The molecule has 2 N–H and O–H groups in total. The molecule has 5 rings (SSSR count). The molecule has 9 nitrogen and oxygen atoms in total.